The highest BCUT2D eigenvalue weighted by Gasteiger charge is 2.26. The van der Waals surface area contributed by atoms with Crippen molar-refractivity contribution in [1.82, 2.24) is 0 Å². The fourth-order valence-electron chi connectivity index (χ4n) is 2.43. The van der Waals surface area contributed by atoms with E-state index in [1.807, 2.05) is 0 Å². The Morgan fingerprint density at radius 2 is 1.88 bits per heavy atom. The van der Waals surface area contributed by atoms with Crippen molar-refractivity contribution in [2.24, 2.45) is 5.92 Å². The van der Waals surface area contributed by atoms with Gasteiger partial charge in [-0.25, -0.2) is 4.39 Å². The fourth-order valence-corrected chi connectivity index (χ4v) is 3.34. The quantitative estimate of drug-likeness (QED) is 0.451. The third kappa shape index (κ3) is 3.15. The number of halogens is 4. The molecule has 0 spiro atoms. The van der Waals surface area contributed by atoms with Crippen LogP contribution in [-0.2, 0) is 0 Å². The molecule has 0 N–H and O–H groups in total. The summed E-state index contributed by atoms with van der Waals surface area (Å²) in [6.07, 6.45) is 5.83. The van der Waals surface area contributed by atoms with E-state index in [0.29, 0.717) is 21.0 Å². The van der Waals surface area contributed by atoms with Crippen molar-refractivity contribution >= 4 is 39.1 Å². The maximum absolute atomic E-state index is 13.9. The number of hydrogen-bond donors (Lipinski definition) is 0. The number of benzene rings is 1. The number of rotatable bonds is 2. The van der Waals surface area contributed by atoms with Crippen molar-refractivity contribution in [1.29, 1.82) is 0 Å². The van der Waals surface area contributed by atoms with Crippen molar-refractivity contribution in [2.75, 3.05) is 0 Å². The summed E-state index contributed by atoms with van der Waals surface area (Å²) in [6, 6.07) is 3.04. The van der Waals surface area contributed by atoms with Crippen LogP contribution < -0.4 is 0 Å². The molecule has 0 aromatic heterocycles. The summed E-state index contributed by atoms with van der Waals surface area (Å²) < 4.78 is 14.4. The minimum atomic E-state index is -0.271. The lowest BCUT2D eigenvalue weighted by Crippen LogP contribution is -2.13. The number of alkyl halides is 1. The van der Waals surface area contributed by atoms with Gasteiger partial charge in [-0.3, -0.25) is 0 Å². The molecule has 1 fully saturated rings. The second-order valence-electron chi connectivity index (χ2n) is 4.59. The van der Waals surface area contributed by atoms with E-state index < -0.39 is 0 Å². The average Bonchev–Trinajstić information content (AvgIpc) is 2.34. The third-order valence-electron chi connectivity index (χ3n) is 3.40. The lowest BCUT2D eigenvalue weighted by molar-refractivity contribution is 0.344. The van der Waals surface area contributed by atoms with Crippen LogP contribution in [0.3, 0.4) is 0 Å². The highest BCUT2D eigenvalue weighted by molar-refractivity contribution is 9.10. The van der Waals surface area contributed by atoms with E-state index >= 15 is 0 Å². The van der Waals surface area contributed by atoms with E-state index in [1.165, 1.54) is 25.3 Å². The van der Waals surface area contributed by atoms with E-state index in [4.69, 9.17) is 23.2 Å². The highest BCUT2D eigenvalue weighted by Crippen LogP contribution is 2.41. The van der Waals surface area contributed by atoms with Gasteiger partial charge in [-0.05, 0) is 46.8 Å². The summed E-state index contributed by atoms with van der Waals surface area (Å²) in [5.41, 5.74) is 0.534. The van der Waals surface area contributed by atoms with Gasteiger partial charge in [0.2, 0.25) is 0 Å². The van der Waals surface area contributed by atoms with Crippen molar-refractivity contribution < 1.29 is 4.39 Å². The number of hydrogen-bond acceptors (Lipinski definition) is 0. The van der Waals surface area contributed by atoms with Gasteiger partial charge in [-0.2, -0.15) is 0 Å². The maximum atomic E-state index is 13.9. The molecule has 1 atom stereocenters. The Bertz CT molecular complexity index is 403. The molecule has 4 heteroatoms. The van der Waals surface area contributed by atoms with Crippen LogP contribution in [0.25, 0.3) is 0 Å². The molecule has 0 amide bonds. The summed E-state index contributed by atoms with van der Waals surface area (Å²) in [5.74, 6) is 0.101. The largest absolute Gasteiger partial charge is 0.207 e. The molecule has 1 unspecified atom stereocenters. The van der Waals surface area contributed by atoms with Gasteiger partial charge in [-0.15, -0.1) is 11.6 Å². The highest BCUT2D eigenvalue weighted by atomic mass is 79.9. The van der Waals surface area contributed by atoms with Crippen LogP contribution >= 0.6 is 39.1 Å². The monoisotopic (exact) mass is 338 g/mol. The molecule has 2 rings (SSSR count). The minimum absolute atomic E-state index is 0.263. The summed E-state index contributed by atoms with van der Waals surface area (Å²) in [6.45, 7) is 0. The zero-order chi connectivity index (χ0) is 12.4. The predicted octanol–water partition coefficient (Wildman–Crippen LogP) is 6.10. The Morgan fingerprint density at radius 1 is 1.24 bits per heavy atom. The van der Waals surface area contributed by atoms with Crippen molar-refractivity contribution in [3.63, 3.8) is 0 Å². The first-order valence-electron chi connectivity index (χ1n) is 5.88. The molecular weight excluding hydrogens is 326 g/mol. The molecule has 1 aliphatic rings. The molecule has 0 nitrogen and oxygen atoms in total. The van der Waals surface area contributed by atoms with Gasteiger partial charge in [0, 0.05) is 10.0 Å². The normalized spacial score (nSPS) is 19.3. The molecule has 1 aliphatic carbocycles. The Labute approximate surface area is 120 Å². The third-order valence-corrected chi connectivity index (χ3v) is 5.19. The summed E-state index contributed by atoms with van der Waals surface area (Å²) in [7, 11) is 0. The van der Waals surface area contributed by atoms with Crippen LogP contribution in [0.15, 0.2) is 16.6 Å². The van der Waals surface area contributed by atoms with E-state index in [-0.39, 0.29) is 11.2 Å². The smallest absolute Gasteiger partial charge is 0.129 e. The topological polar surface area (TPSA) is 0 Å². The SMILES string of the molecule is Fc1cc(Br)c(Cl)cc1C(Cl)C1CCCCC1. The molecule has 0 aliphatic heterocycles. The first-order valence-corrected chi connectivity index (χ1v) is 7.49. The standard InChI is InChI=1S/C13H14BrCl2F/c14-10-7-12(17)9(6-11(10)15)13(16)8-4-2-1-3-5-8/h6-8,13H,1-5H2. The minimum Gasteiger partial charge on any atom is -0.207 e. The zero-order valence-electron chi connectivity index (χ0n) is 9.36. The van der Waals surface area contributed by atoms with E-state index in [1.54, 1.807) is 6.07 Å². The summed E-state index contributed by atoms with van der Waals surface area (Å²) >= 11 is 15.6. The molecule has 1 saturated carbocycles. The van der Waals surface area contributed by atoms with Crippen LogP contribution in [0, 0.1) is 11.7 Å². The molecule has 1 aromatic carbocycles. The van der Waals surface area contributed by atoms with Gasteiger partial charge < -0.3 is 0 Å². The van der Waals surface area contributed by atoms with Crippen molar-refractivity contribution in [2.45, 2.75) is 37.5 Å². The van der Waals surface area contributed by atoms with Crippen LogP contribution in [0.5, 0.6) is 0 Å². The van der Waals surface area contributed by atoms with Gasteiger partial charge in [0.15, 0.2) is 0 Å². The molecule has 17 heavy (non-hydrogen) atoms. The summed E-state index contributed by atoms with van der Waals surface area (Å²) in [5, 5.41) is 0.253. The van der Waals surface area contributed by atoms with E-state index in [2.05, 4.69) is 15.9 Å². The van der Waals surface area contributed by atoms with E-state index in [9.17, 15) is 4.39 Å². The van der Waals surface area contributed by atoms with Gasteiger partial charge in [0.05, 0.1) is 10.4 Å². The van der Waals surface area contributed by atoms with Crippen molar-refractivity contribution in [3.05, 3.63) is 33.0 Å². The van der Waals surface area contributed by atoms with Crippen LogP contribution in [0.1, 0.15) is 43.0 Å². The Balaban J connectivity index is 2.23. The van der Waals surface area contributed by atoms with Crippen LogP contribution in [0.2, 0.25) is 5.02 Å². The molecule has 0 heterocycles. The first kappa shape index (κ1) is 13.6. The molecule has 94 valence electrons. The Kier molecular flexibility index (Phi) is 4.73. The predicted molar refractivity (Wildman–Crippen MR) is 74.3 cm³/mol. The molecule has 0 bridgehead atoms. The molecule has 1 aromatic rings. The second kappa shape index (κ2) is 5.90. The average molecular weight is 340 g/mol. The summed E-state index contributed by atoms with van der Waals surface area (Å²) in [4.78, 5) is 0. The molecule has 0 saturated heterocycles. The second-order valence-corrected chi connectivity index (χ2v) is 6.32. The first-order chi connectivity index (χ1) is 8.09. The molecule has 0 radical (unpaired) electrons. The van der Waals surface area contributed by atoms with Crippen molar-refractivity contribution in [3.8, 4) is 0 Å². The zero-order valence-corrected chi connectivity index (χ0v) is 12.5. The fraction of sp³-hybridized carbons (Fsp3) is 0.538. The van der Waals surface area contributed by atoms with Gasteiger partial charge >= 0.3 is 0 Å². The van der Waals surface area contributed by atoms with Crippen LogP contribution in [0.4, 0.5) is 4.39 Å². The van der Waals surface area contributed by atoms with Gasteiger partial charge in [0.1, 0.15) is 5.82 Å². The lowest BCUT2D eigenvalue weighted by Gasteiger charge is -2.26. The lowest BCUT2D eigenvalue weighted by atomic mass is 9.84. The maximum Gasteiger partial charge on any atom is 0.129 e. The van der Waals surface area contributed by atoms with Crippen LogP contribution in [-0.4, -0.2) is 0 Å². The Hall–Kier alpha value is 0.210. The Morgan fingerprint density at radius 3 is 2.53 bits per heavy atom. The molecular formula is C13H14BrCl2F. The van der Waals surface area contributed by atoms with Gasteiger partial charge in [0.25, 0.3) is 0 Å². The van der Waals surface area contributed by atoms with E-state index in [0.717, 1.165) is 12.8 Å². The van der Waals surface area contributed by atoms with Gasteiger partial charge in [-0.1, -0.05) is 30.9 Å².